The summed E-state index contributed by atoms with van der Waals surface area (Å²) in [6.45, 7) is 7.55. The van der Waals surface area contributed by atoms with E-state index >= 15 is 0 Å². The number of nitrogens with one attached hydrogen (secondary N) is 1. The zero-order valence-electron chi connectivity index (χ0n) is 23.9. The highest BCUT2D eigenvalue weighted by molar-refractivity contribution is 5.93. The van der Waals surface area contributed by atoms with E-state index in [1.165, 1.54) is 5.56 Å². The van der Waals surface area contributed by atoms with Crippen molar-refractivity contribution in [2.75, 3.05) is 11.9 Å². The summed E-state index contributed by atoms with van der Waals surface area (Å²) in [4.78, 5) is 29.3. The van der Waals surface area contributed by atoms with Crippen LogP contribution in [-0.2, 0) is 19.0 Å². The largest absolute Gasteiger partial charge is 0.393 e. The molecule has 0 amide bonds. The van der Waals surface area contributed by atoms with Gasteiger partial charge in [0.2, 0.25) is 23.4 Å². The summed E-state index contributed by atoms with van der Waals surface area (Å²) in [7, 11) is 1.86. The first-order valence-corrected chi connectivity index (χ1v) is 14.1. The van der Waals surface area contributed by atoms with Crippen molar-refractivity contribution >= 4 is 17.4 Å². The lowest BCUT2D eigenvalue weighted by molar-refractivity contribution is -0.00185. The minimum Gasteiger partial charge on any atom is -0.393 e. The molecule has 6 rings (SSSR count). The topological polar surface area (TPSA) is 135 Å². The second-order valence-corrected chi connectivity index (χ2v) is 12.2. The van der Waals surface area contributed by atoms with Crippen LogP contribution in [0.5, 0.6) is 0 Å². The molecule has 0 radical (unpaired) electrons. The molecule has 1 saturated carbocycles. The molecule has 11 heteroatoms. The Bertz CT molecular complexity index is 1550. The van der Waals surface area contributed by atoms with Crippen molar-refractivity contribution in [3.05, 3.63) is 65.7 Å². The Kier molecular flexibility index (Phi) is 7.16. The molecule has 1 unspecified atom stereocenters. The Hall–Kier alpha value is -3.96. The molecule has 4 heterocycles. The van der Waals surface area contributed by atoms with E-state index in [9.17, 15) is 9.90 Å². The van der Waals surface area contributed by atoms with E-state index in [-0.39, 0.29) is 29.0 Å². The van der Waals surface area contributed by atoms with E-state index in [1.807, 2.05) is 40.1 Å². The van der Waals surface area contributed by atoms with Gasteiger partial charge in [-0.15, -0.1) is 0 Å². The Morgan fingerprint density at radius 3 is 2.73 bits per heavy atom. The quantitative estimate of drug-likeness (QED) is 0.316. The van der Waals surface area contributed by atoms with Crippen molar-refractivity contribution in [2.24, 2.45) is 7.05 Å². The van der Waals surface area contributed by atoms with Crippen LogP contribution in [-0.4, -0.2) is 64.4 Å². The fourth-order valence-corrected chi connectivity index (χ4v) is 5.61. The number of carbonyl (C=O) groups excluding carboxylic acids is 1. The zero-order chi connectivity index (χ0) is 28.7. The van der Waals surface area contributed by atoms with Crippen LogP contribution in [0.1, 0.15) is 80.0 Å². The second-order valence-electron chi connectivity index (χ2n) is 12.2. The lowest BCUT2D eigenvalue weighted by Crippen LogP contribution is -2.46. The van der Waals surface area contributed by atoms with Crippen LogP contribution in [0.4, 0.5) is 11.6 Å². The maximum atomic E-state index is 13.3. The number of aryl methyl sites for hydroxylation is 1. The molecule has 41 heavy (non-hydrogen) atoms. The number of carbonyl (C=O) groups is 1. The number of benzene rings is 1. The van der Waals surface area contributed by atoms with Crippen LogP contribution in [0, 0.1) is 0 Å². The summed E-state index contributed by atoms with van der Waals surface area (Å²) in [5.74, 6) is 1.01. The molecule has 1 aliphatic carbocycles. The Morgan fingerprint density at radius 1 is 1.20 bits per heavy atom. The molecule has 2 N–H and O–H groups in total. The highest BCUT2D eigenvalue weighted by Gasteiger charge is 2.35. The van der Waals surface area contributed by atoms with E-state index in [4.69, 9.17) is 9.51 Å². The molecule has 4 aromatic rings. The van der Waals surface area contributed by atoms with Gasteiger partial charge in [-0.25, -0.2) is 9.97 Å². The number of ketones is 1. The molecule has 1 atom stereocenters. The van der Waals surface area contributed by atoms with Crippen molar-refractivity contribution < 1.29 is 14.4 Å². The van der Waals surface area contributed by atoms with Gasteiger partial charge in [-0.05, 0) is 55.0 Å². The van der Waals surface area contributed by atoms with Crippen LogP contribution < -0.4 is 5.32 Å². The summed E-state index contributed by atoms with van der Waals surface area (Å²) in [5.41, 5.74) is 4.61. The molecule has 0 bridgehead atoms. The number of hydrogen-bond donors (Lipinski definition) is 2. The predicted octanol–water partition coefficient (Wildman–Crippen LogP) is 4.39. The number of aliphatic hydroxyl groups excluding tert-OH is 1. The van der Waals surface area contributed by atoms with Gasteiger partial charge in [-0.3, -0.25) is 14.4 Å². The standard InChI is InChI=1S/C30H36N8O3/c1-30(2,3)28-35-27(36-41-28)26(40)12-18-8-10-38(22-13-23(39)14-22)16-20-11-19(5-6-24(18)20)25-7-9-31-29(34-25)33-21-15-32-37(4)17-21/h5-7,9,11,15,17-18,22-23,39H,8,10,12-14,16H2,1-4H3,(H,31,33,34). The second kappa shape index (κ2) is 10.8. The number of aliphatic hydroxyl groups is 1. The maximum absolute atomic E-state index is 13.3. The van der Waals surface area contributed by atoms with Crippen LogP contribution >= 0.6 is 0 Å². The van der Waals surface area contributed by atoms with Crippen LogP contribution in [0.25, 0.3) is 11.3 Å². The summed E-state index contributed by atoms with van der Waals surface area (Å²) >= 11 is 0. The highest BCUT2D eigenvalue weighted by Crippen LogP contribution is 2.37. The first-order chi connectivity index (χ1) is 19.6. The third-order valence-electron chi connectivity index (χ3n) is 7.99. The normalized spacial score (nSPS) is 21.1. The number of aromatic nitrogens is 6. The lowest BCUT2D eigenvalue weighted by Gasteiger charge is -2.40. The van der Waals surface area contributed by atoms with Gasteiger partial charge in [0.25, 0.3) is 0 Å². The van der Waals surface area contributed by atoms with E-state index in [2.05, 4.69) is 48.6 Å². The van der Waals surface area contributed by atoms with Gasteiger partial charge < -0.3 is 14.9 Å². The summed E-state index contributed by atoms with van der Waals surface area (Å²) in [6, 6.07) is 8.63. The highest BCUT2D eigenvalue weighted by atomic mass is 16.5. The summed E-state index contributed by atoms with van der Waals surface area (Å²) in [6.07, 6.45) is 7.82. The van der Waals surface area contributed by atoms with Gasteiger partial charge in [0.15, 0.2) is 0 Å². The fraction of sp³-hybridized carbons (Fsp3) is 0.467. The number of Topliss-reactive ketones (excluding diaryl/α,β-unsaturated/α-hetero) is 1. The zero-order valence-corrected chi connectivity index (χ0v) is 23.9. The predicted molar refractivity (Wildman–Crippen MR) is 153 cm³/mol. The molecule has 1 aliphatic heterocycles. The van der Waals surface area contributed by atoms with Crippen LogP contribution in [0.2, 0.25) is 0 Å². The number of rotatable bonds is 7. The van der Waals surface area contributed by atoms with E-state index < -0.39 is 0 Å². The minimum atomic E-state index is -0.320. The Morgan fingerprint density at radius 2 is 2.02 bits per heavy atom. The SMILES string of the molecule is Cn1cc(Nc2nccc(-c3ccc4c(c3)CN(C3CC(O)C3)CCC4CC(=O)c3noc(C(C)(C)C)n3)n2)cn1. The van der Waals surface area contributed by atoms with Gasteiger partial charge in [0, 0.05) is 49.4 Å². The molecule has 1 aromatic carbocycles. The molecule has 214 valence electrons. The average Bonchev–Trinajstić information content (AvgIpc) is 3.54. The third-order valence-corrected chi connectivity index (χ3v) is 7.99. The van der Waals surface area contributed by atoms with Gasteiger partial charge >= 0.3 is 0 Å². The van der Waals surface area contributed by atoms with Crippen molar-refractivity contribution in [2.45, 2.75) is 76.5 Å². The van der Waals surface area contributed by atoms with Gasteiger partial charge in [0.05, 0.1) is 23.7 Å². The Labute approximate surface area is 239 Å². The van der Waals surface area contributed by atoms with Crippen LogP contribution in [0.3, 0.4) is 0 Å². The summed E-state index contributed by atoms with van der Waals surface area (Å²) in [5, 5.41) is 21.4. The lowest BCUT2D eigenvalue weighted by atomic mass is 9.87. The van der Waals surface area contributed by atoms with Gasteiger partial charge in [-0.2, -0.15) is 10.1 Å². The van der Waals surface area contributed by atoms with Crippen molar-refractivity contribution in [1.82, 2.24) is 34.8 Å². The molecule has 11 nitrogen and oxygen atoms in total. The molecule has 2 aliphatic rings. The fourth-order valence-electron chi connectivity index (χ4n) is 5.61. The molecular formula is C30H36N8O3. The third kappa shape index (κ3) is 5.91. The molecular weight excluding hydrogens is 520 g/mol. The molecule has 3 aromatic heterocycles. The average molecular weight is 557 g/mol. The Balaban J connectivity index is 1.28. The first-order valence-electron chi connectivity index (χ1n) is 14.1. The number of hydrogen-bond acceptors (Lipinski definition) is 10. The first kappa shape index (κ1) is 27.2. The molecule has 0 spiro atoms. The van der Waals surface area contributed by atoms with Crippen molar-refractivity contribution in [3.63, 3.8) is 0 Å². The molecule has 1 fully saturated rings. The van der Waals surface area contributed by atoms with E-state index in [0.717, 1.165) is 54.9 Å². The number of nitrogens with zero attached hydrogens (tertiary/aromatic N) is 7. The van der Waals surface area contributed by atoms with Crippen LogP contribution in [0.15, 0.2) is 47.4 Å². The van der Waals surface area contributed by atoms with Gasteiger partial charge in [0.1, 0.15) is 0 Å². The smallest absolute Gasteiger partial charge is 0.238 e. The number of fused-ring (bicyclic) bond motifs is 1. The molecule has 0 saturated heterocycles. The van der Waals surface area contributed by atoms with Crippen molar-refractivity contribution in [1.29, 1.82) is 0 Å². The minimum absolute atomic E-state index is 0.0198. The maximum Gasteiger partial charge on any atom is 0.238 e. The van der Waals surface area contributed by atoms with E-state index in [1.54, 1.807) is 17.1 Å². The van der Waals surface area contributed by atoms with Gasteiger partial charge in [-0.1, -0.05) is 38.1 Å². The summed E-state index contributed by atoms with van der Waals surface area (Å²) < 4.78 is 7.11. The van der Waals surface area contributed by atoms with Crippen molar-refractivity contribution in [3.8, 4) is 11.3 Å². The number of anilines is 2. The monoisotopic (exact) mass is 556 g/mol. The van der Waals surface area contributed by atoms with E-state index in [0.29, 0.717) is 24.3 Å².